The maximum atomic E-state index is 12.5. The first kappa shape index (κ1) is 26.4. The Labute approximate surface area is 198 Å². The highest BCUT2D eigenvalue weighted by Crippen LogP contribution is 2.38. The van der Waals surface area contributed by atoms with Crippen molar-refractivity contribution in [1.29, 1.82) is 0 Å². The molecule has 33 heavy (non-hydrogen) atoms. The molecule has 0 bridgehead atoms. The summed E-state index contributed by atoms with van der Waals surface area (Å²) < 4.78 is 22.9. The lowest BCUT2D eigenvalue weighted by Gasteiger charge is -2.36. The number of esters is 2. The van der Waals surface area contributed by atoms with E-state index in [-0.39, 0.29) is 18.1 Å². The maximum Gasteiger partial charge on any atom is 0.347 e. The SMILES string of the molecule is CCOC(=O)[C@H](Cc1cc(O[Si](C)(C)C(C)(C)C)ccc1OCc1ccccc1)OC(C)=O. The van der Waals surface area contributed by atoms with E-state index in [4.69, 9.17) is 18.6 Å². The maximum absolute atomic E-state index is 12.5. The van der Waals surface area contributed by atoms with Crippen molar-refractivity contribution in [3.05, 3.63) is 59.7 Å². The van der Waals surface area contributed by atoms with E-state index in [0.29, 0.717) is 23.7 Å². The van der Waals surface area contributed by atoms with E-state index in [0.717, 1.165) is 5.56 Å². The van der Waals surface area contributed by atoms with Crippen LogP contribution in [0.3, 0.4) is 0 Å². The summed E-state index contributed by atoms with van der Waals surface area (Å²) in [6, 6.07) is 15.4. The lowest BCUT2D eigenvalue weighted by Crippen LogP contribution is -2.43. The number of hydrogen-bond donors (Lipinski definition) is 0. The second kappa shape index (κ2) is 11.4. The van der Waals surface area contributed by atoms with Crippen LogP contribution in [0, 0.1) is 0 Å². The Morgan fingerprint density at radius 3 is 2.27 bits per heavy atom. The summed E-state index contributed by atoms with van der Waals surface area (Å²) in [6.07, 6.45) is -0.943. The van der Waals surface area contributed by atoms with Gasteiger partial charge in [-0.2, -0.15) is 0 Å². The molecule has 0 radical (unpaired) electrons. The fourth-order valence-electron chi connectivity index (χ4n) is 2.91. The van der Waals surface area contributed by atoms with E-state index in [9.17, 15) is 9.59 Å². The van der Waals surface area contributed by atoms with Crippen molar-refractivity contribution in [3.63, 3.8) is 0 Å². The third kappa shape index (κ3) is 7.93. The summed E-state index contributed by atoms with van der Waals surface area (Å²) in [5.74, 6) is 0.169. The normalized spacial score (nSPS) is 12.6. The van der Waals surface area contributed by atoms with Crippen LogP contribution < -0.4 is 9.16 Å². The minimum Gasteiger partial charge on any atom is -0.543 e. The molecule has 0 aliphatic rings. The number of ether oxygens (including phenoxy) is 3. The van der Waals surface area contributed by atoms with Gasteiger partial charge in [-0.1, -0.05) is 51.1 Å². The molecule has 0 aliphatic carbocycles. The fourth-order valence-corrected chi connectivity index (χ4v) is 3.93. The van der Waals surface area contributed by atoms with Gasteiger partial charge in [0.15, 0.2) is 0 Å². The van der Waals surface area contributed by atoms with E-state index in [1.54, 1.807) is 6.92 Å². The van der Waals surface area contributed by atoms with Crippen molar-refractivity contribution < 1.29 is 28.2 Å². The zero-order valence-corrected chi connectivity index (χ0v) is 21.8. The van der Waals surface area contributed by atoms with Gasteiger partial charge in [0.2, 0.25) is 14.4 Å². The second-order valence-electron chi connectivity index (χ2n) is 9.46. The fraction of sp³-hybridized carbons (Fsp3) is 0.462. The molecule has 0 saturated heterocycles. The highest BCUT2D eigenvalue weighted by molar-refractivity contribution is 6.74. The third-order valence-corrected chi connectivity index (χ3v) is 10.1. The Kier molecular flexibility index (Phi) is 9.11. The second-order valence-corrected chi connectivity index (χ2v) is 14.2. The van der Waals surface area contributed by atoms with E-state index in [1.165, 1.54) is 6.92 Å². The molecule has 0 aromatic heterocycles. The quantitative estimate of drug-likeness (QED) is 0.327. The van der Waals surface area contributed by atoms with Crippen molar-refractivity contribution in [2.24, 2.45) is 0 Å². The zero-order valence-electron chi connectivity index (χ0n) is 20.8. The predicted octanol–water partition coefficient (Wildman–Crippen LogP) is 5.69. The molecule has 7 heteroatoms. The van der Waals surface area contributed by atoms with Crippen LogP contribution in [0.15, 0.2) is 48.5 Å². The molecule has 180 valence electrons. The summed E-state index contributed by atoms with van der Waals surface area (Å²) in [4.78, 5) is 24.1. The Hall–Kier alpha value is -2.80. The van der Waals surface area contributed by atoms with Gasteiger partial charge in [-0.15, -0.1) is 0 Å². The summed E-state index contributed by atoms with van der Waals surface area (Å²) >= 11 is 0. The van der Waals surface area contributed by atoms with Gasteiger partial charge in [0.05, 0.1) is 6.61 Å². The monoisotopic (exact) mass is 472 g/mol. The lowest BCUT2D eigenvalue weighted by molar-refractivity contribution is -0.166. The molecular formula is C26H36O6Si. The average Bonchev–Trinajstić information content (AvgIpc) is 2.72. The van der Waals surface area contributed by atoms with Crippen LogP contribution in [0.25, 0.3) is 0 Å². The standard InChI is InChI=1S/C26H36O6Si/c1-8-29-25(28)24(31-19(2)27)17-21-16-22(32-33(6,7)26(3,4)5)14-15-23(21)30-18-20-12-10-9-11-13-20/h9-16,24H,8,17-18H2,1-7H3/t24-/m0/s1. The van der Waals surface area contributed by atoms with Crippen molar-refractivity contribution in [2.75, 3.05) is 6.61 Å². The molecule has 0 fully saturated rings. The first-order valence-electron chi connectivity index (χ1n) is 11.3. The molecule has 2 aromatic carbocycles. The van der Waals surface area contributed by atoms with Crippen LogP contribution in [-0.2, 0) is 32.1 Å². The smallest absolute Gasteiger partial charge is 0.347 e. The topological polar surface area (TPSA) is 71.1 Å². The third-order valence-electron chi connectivity index (χ3n) is 5.71. The number of carbonyl (C=O) groups is 2. The van der Waals surface area contributed by atoms with Gasteiger partial charge < -0.3 is 18.6 Å². The number of rotatable bonds is 10. The lowest BCUT2D eigenvalue weighted by atomic mass is 10.1. The van der Waals surface area contributed by atoms with Crippen LogP contribution in [-0.4, -0.2) is 33.0 Å². The van der Waals surface area contributed by atoms with E-state index >= 15 is 0 Å². The molecule has 0 N–H and O–H groups in total. The van der Waals surface area contributed by atoms with Crippen molar-refractivity contribution in [2.45, 2.75) is 71.9 Å². The van der Waals surface area contributed by atoms with Gasteiger partial charge in [-0.05, 0) is 48.8 Å². The van der Waals surface area contributed by atoms with Crippen LogP contribution >= 0.6 is 0 Å². The molecular weight excluding hydrogens is 436 g/mol. The molecule has 0 aliphatic heterocycles. The van der Waals surface area contributed by atoms with Gasteiger partial charge in [-0.3, -0.25) is 4.79 Å². The number of benzene rings is 2. The number of carbonyl (C=O) groups excluding carboxylic acids is 2. The molecule has 0 heterocycles. The minimum atomic E-state index is -2.08. The molecule has 2 aromatic rings. The minimum absolute atomic E-state index is 0.0286. The van der Waals surface area contributed by atoms with Crippen LogP contribution in [0.5, 0.6) is 11.5 Å². The summed E-state index contributed by atoms with van der Waals surface area (Å²) in [5.41, 5.74) is 1.73. The van der Waals surface area contributed by atoms with Gasteiger partial charge >= 0.3 is 11.9 Å². The Balaban J connectivity index is 2.37. The van der Waals surface area contributed by atoms with Gasteiger partial charge in [0, 0.05) is 18.9 Å². The molecule has 1 atom stereocenters. The van der Waals surface area contributed by atoms with E-state index in [1.807, 2.05) is 48.5 Å². The van der Waals surface area contributed by atoms with Gasteiger partial charge in [-0.25, -0.2) is 4.79 Å². The summed E-state index contributed by atoms with van der Waals surface area (Å²) in [7, 11) is -2.08. The van der Waals surface area contributed by atoms with E-state index in [2.05, 4.69) is 33.9 Å². The zero-order chi connectivity index (χ0) is 24.6. The largest absolute Gasteiger partial charge is 0.543 e. The molecule has 0 spiro atoms. The molecule has 0 saturated carbocycles. The first-order chi connectivity index (χ1) is 15.4. The van der Waals surface area contributed by atoms with Gasteiger partial charge in [0.25, 0.3) is 0 Å². The average molecular weight is 473 g/mol. The Bertz CT molecular complexity index is 934. The van der Waals surface area contributed by atoms with Crippen LogP contribution in [0.1, 0.15) is 45.7 Å². The summed E-state index contributed by atoms with van der Waals surface area (Å²) in [6.45, 7) is 14.4. The van der Waals surface area contributed by atoms with Crippen LogP contribution in [0.2, 0.25) is 18.1 Å². The van der Waals surface area contributed by atoms with Crippen molar-refractivity contribution in [1.82, 2.24) is 0 Å². The first-order valence-corrected chi connectivity index (χ1v) is 14.2. The number of hydrogen-bond acceptors (Lipinski definition) is 6. The molecule has 6 nitrogen and oxygen atoms in total. The molecule has 2 rings (SSSR count). The van der Waals surface area contributed by atoms with E-state index < -0.39 is 26.4 Å². The van der Waals surface area contributed by atoms with Crippen LogP contribution in [0.4, 0.5) is 0 Å². The van der Waals surface area contributed by atoms with Gasteiger partial charge in [0.1, 0.15) is 18.1 Å². The molecule has 0 unspecified atom stereocenters. The van der Waals surface area contributed by atoms with Crippen molar-refractivity contribution >= 4 is 20.3 Å². The highest BCUT2D eigenvalue weighted by atomic mass is 28.4. The van der Waals surface area contributed by atoms with Crippen molar-refractivity contribution in [3.8, 4) is 11.5 Å². The summed E-state index contributed by atoms with van der Waals surface area (Å²) in [5, 5.41) is 0.0286. The Morgan fingerprint density at radius 1 is 1.03 bits per heavy atom. The predicted molar refractivity (Wildman–Crippen MR) is 131 cm³/mol. The Morgan fingerprint density at radius 2 is 1.70 bits per heavy atom. The molecule has 0 amide bonds. The highest BCUT2D eigenvalue weighted by Gasteiger charge is 2.39.